The predicted octanol–water partition coefficient (Wildman–Crippen LogP) is 3.14. The number of esters is 1. The van der Waals surface area contributed by atoms with Crippen molar-refractivity contribution in [3.63, 3.8) is 0 Å². The molecule has 2 aliphatic carbocycles. The standard InChI is InChI=1S/C18H26O4/c1-21-17-9-6-14(7-10-17)8-11-18(20)22-13-16-4-2-15(12-19)3-5-16/h6,8-9,11,15-16,19H,2-5,7,10,12-13H2,1H3/b11-8+. The maximum atomic E-state index is 11.8. The van der Waals surface area contributed by atoms with Crippen molar-refractivity contribution < 1.29 is 19.4 Å². The zero-order valence-corrected chi connectivity index (χ0v) is 13.3. The molecule has 4 heteroatoms. The molecule has 122 valence electrons. The minimum Gasteiger partial charge on any atom is -0.501 e. The number of hydrogen-bond acceptors (Lipinski definition) is 4. The molecule has 0 atom stereocenters. The molecule has 1 N–H and O–H groups in total. The monoisotopic (exact) mass is 306 g/mol. The van der Waals surface area contributed by atoms with Crippen molar-refractivity contribution in [1.29, 1.82) is 0 Å². The number of ether oxygens (including phenoxy) is 2. The fourth-order valence-electron chi connectivity index (χ4n) is 2.95. The Kier molecular flexibility index (Phi) is 6.72. The Morgan fingerprint density at radius 1 is 1.23 bits per heavy atom. The summed E-state index contributed by atoms with van der Waals surface area (Å²) >= 11 is 0. The highest BCUT2D eigenvalue weighted by Crippen LogP contribution is 2.28. The van der Waals surface area contributed by atoms with E-state index in [2.05, 4.69) is 0 Å². The van der Waals surface area contributed by atoms with Crippen molar-refractivity contribution in [2.75, 3.05) is 20.3 Å². The average Bonchev–Trinajstić information content (AvgIpc) is 2.59. The lowest BCUT2D eigenvalue weighted by atomic mass is 9.83. The van der Waals surface area contributed by atoms with Crippen molar-refractivity contribution in [3.05, 3.63) is 35.6 Å². The number of rotatable bonds is 6. The Morgan fingerprint density at radius 2 is 1.95 bits per heavy atom. The maximum absolute atomic E-state index is 11.8. The van der Waals surface area contributed by atoms with Crippen molar-refractivity contribution in [2.45, 2.75) is 38.5 Å². The lowest BCUT2D eigenvalue weighted by molar-refractivity contribution is -0.139. The summed E-state index contributed by atoms with van der Waals surface area (Å²) in [6.45, 7) is 0.775. The average molecular weight is 306 g/mol. The number of methoxy groups -OCH3 is 1. The second-order valence-corrected chi connectivity index (χ2v) is 6.11. The Bertz CT molecular complexity index is 454. The van der Waals surface area contributed by atoms with Gasteiger partial charge in [-0.3, -0.25) is 0 Å². The van der Waals surface area contributed by atoms with E-state index in [1.807, 2.05) is 18.2 Å². The minimum atomic E-state index is -0.272. The summed E-state index contributed by atoms with van der Waals surface area (Å²) in [5, 5.41) is 9.11. The van der Waals surface area contributed by atoms with Gasteiger partial charge in [0.2, 0.25) is 0 Å². The molecular formula is C18H26O4. The van der Waals surface area contributed by atoms with Gasteiger partial charge in [-0.1, -0.05) is 12.2 Å². The van der Waals surface area contributed by atoms with Crippen LogP contribution in [0, 0.1) is 11.8 Å². The SMILES string of the molecule is COC1=CC=C(/C=C/C(=O)OCC2CCC(CO)CC2)CC1. The van der Waals surface area contributed by atoms with Crippen LogP contribution in [0.1, 0.15) is 38.5 Å². The zero-order valence-electron chi connectivity index (χ0n) is 13.3. The molecule has 0 aromatic carbocycles. The van der Waals surface area contributed by atoms with E-state index in [1.54, 1.807) is 7.11 Å². The van der Waals surface area contributed by atoms with Crippen LogP contribution in [-0.4, -0.2) is 31.4 Å². The fraction of sp³-hybridized carbons (Fsp3) is 0.611. The number of aliphatic hydroxyl groups excluding tert-OH is 1. The third kappa shape index (κ3) is 5.34. The molecule has 2 aliphatic rings. The summed E-state index contributed by atoms with van der Waals surface area (Å²) in [6.07, 6.45) is 13.2. The van der Waals surface area contributed by atoms with Gasteiger partial charge in [0.1, 0.15) is 0 Å². The topological polar surface area (TPSA) is 55.8 Å². The smallest absolute Gasteiger partial charge is 0.330 e. The molecule has 1 saturated carbocycles. The predicted molar refractivity (Wildman–Crippen MR) is 85.0 cm³/mol. The molecule has 0 radical (unpaired) electrons. The van der Waals surface area contributed by atoms with E-state index >= 15 is 0 Å². The van der Waals surface area contributed by atoms with Crippen LogP contribution < -0.4 is 0 Å². The van der Waals surface area contributed by atoms with Gasteiger partial charge in [0, 0.05) is 19.1 Å². The first-order valence-corrected chi connectivity index (χ1v) is 8.10. The van der Waals surface area contributed by atoms with Gasteiger partial charge in [-0.05, 0) is 55.6 Å². The molecule has 0 saturated heterocycles. The van der Waals surface area contributed by atoms with Gasteiger partial charge in [-0.15, -0.1) is 0 Å². The lowest BCUT2D eigenvalue weighted by Crippen LogP contribution is -2.21. The molecule has 0 spiro atoms. The summed E-state index contributed by atoms with van der Waals surface area (Å²) in [7, 11) is 1.67. The van der Waals surface area contributed by atoms with E-state index in [9.17, 15) is 4.79 Å². The van der Waals surface area contributed by atoms with E-state index < -0.39 is 0 Å². The molecule has 0 bridgehead atoms. The number of carbonyl (C=O) groups excluding carboxylic acids is 1. The number of carbonyl (C=O) groups is 1. The van der Waals surface area contributed by atoms with Gasteiger partial charge in [0.15, 0.2) is 0 Å². The molecule has 0 heterocycles. The molecule has 0 unspecified atom stereocenters. The van der Waals surface area contributed by atoms with E-state index in [0.717, 1.165) is 49.9 Å². The third-order valence-corrected chi connectivity index (χ3v) is 4.52. The molecule has 2 rings (SSSR count). The Balaban J connectivity index is 1.69. The summed E-state index contributed by atoms with van der Waals surface area (Å²) < 4.78 is 10.5. The molecule has 4 nitrogen and oxygen atoms in total. The van der Waals surface area contributed by atoms with E-state index in [1.165, 1.54) is 6.08 Å². The van der Waals surface area contributed by atoms with Crippen molar-refractivity contribution in [1.82, 2.24) is 0 Å². The molecule has 0 aromatic rings. The quantitative estimate of drug-likeness (QED) is 0.605. The normalized spacial score (nSPS) is 25.5. The second-order valence-electron chi connectivity index (χ2n) is 6.11. The van der Waals surface area contributed by atoms with Crippen LogP contribution in [0.15, 0.2) is 35.6 Å². The highest BCUT2D eigenvalue weighted by molar-refractivity contribution is 5.82. The van der Waals surface area contributed by atoms with Crippen LogP contribution >= 0.6 is 0 Å². The Labute approximate surface area is 132 Å². The molecule has 0 amide bonds. The van der Waals surface area contributed by atoms with Crippen molar-refractivity contribution >= 4 is 5.97 Å². The van der Waals surface area contributed by atoms with Crippen LogP contribution in [0.5, 0.6) is 0 Å². The van der Waals surface area contributed by atoms with Gasteiger partial charge in [-0.2, -0.15) is 0 Å². The maximum Gasteiger partial charge on any atom is 0.330 e. The van der Waals surface area contributed by atoms with Gasteiger partial charge < -0.3 is 14.6 Å². The Morgan fingerprint density at radius 3 is 2.55 bits per heavy atom. The van der Waals surface area contributed by atoms with Crippen LogP contribution in [0.2, 0.25) is 0 Å². The van der Waals surface area contributed by atoms with E-state index in [-0.39, 0.29) is 12.6 Å². The Hall–Kier alpha value is -1.55. The first kappa shape index (κ1) is 16.8. The van der Waals surface area contributed by atoms with Crippen molar-refractivity contribution in [2.24, 2.45) is 11.8 Å². The first-order valence-electron chi connectivity index (χ1n) is 8.10. The zero-order chi connectivity index (χ0) is 15.8. The lowest BCUT2D eigenvalue weighted by Gasteiger charge is -2.26. The van der Waals surface area contributed by atoms with Crippen LogP contribution in [0.25, 0.3) is 0 Å². The number of allylic oxidation sites excluding steroid dienone is 5. The van der Waals surface area contributed by atoms with Crippen LogP contribution in [0.3, 0.4) is 0 Å². The van der Waals surface area contributed by atoms with Gasteiger partial charge in [0.25, 0.3) is 0 Å². The second kappa shape index (κ2) is 8.79. The van der Waals surface area contributed by atoms with Crippen molar-refractivity contribution in [3.8, 4) is 0 Å². The summed E-state index contributed by atoms with van der Waals surface area (Å²) in [5.74, 6) is 1.58. The highest BCUT2D eigenvalue weighted by Gasteiger charge is 2.21. The van der Waals surface area contributed by atoms with Gasteiger partial charge in [-0.25, -0.2) is 4.79 Å². The number of aliphatic hydroxyl groups is 1. The van der Waals surface area contributed by atoms with Gasteiger partial charge in [0.05, 0.1) is 19.5 Å². The summed E-state index contributed by atoms with van der Waals surface area (Å²) in [5.41, 5.74) is 1.11. The molecule has 0 aromatic heterocycles. The summed E-state index contributed by atoms with van der Waals surface area (Å²) in [6, 6.07) is 0. The van der Waals surface area contributed by atoms with Crippen LogP contribution in [0.4, 0.5) is 0 Å². The van der Waals surface area contributed by atoms with E-state index in [4.69, 9.17) is 14.6 Å². The van der Waals surface area contributed by atoms with Crippen LogP contribution in [-0.2, 0) is 14.3 Å². The van der Waals surface area contributed by atoms with E-state index in [0.29, 0.717) is 18.4 Å². The first-order chi connectivity index (χ1) is 10.7. The minimum absolute atomic E-state index is 0.272. The highest BCUT2D eigenvalue weighted by atomic mass is 16.5. The summed E-state index contributed by atoms with van der Waals surface area (Å²) in [4.78, 5) is 11.8. The largest absolute Gasteiger partial charge is 0.501 e. The fourth-order valence-corrected chi connectivity index (χ4v) is 2.95. The third-order valence-electron chi connectivity index (χ3n) is 4.52. The molecular weight excluding hydrogens is 280 g/mol. The molecule has 1 fully saturated rings. The van der Waals surface area contributed by atoms with Gasteiger partial charge >= 0.3 is 5.97 Å². The number of hydrogen-bond donors (Lipinski definition) is 1. The molecule has 0 aliphatic heterocycles. The molecule has 22 heavy (non-hydrogen) atoms.